The summed E-state index contributed by atoms with van der Waals surface area (Å²) in [5.41, 5.74) is 2.34. The predicted octanol–water partition coefficient (Wildman–Crippen LogP) is 5.08. The van der Waals surface area contributed by atoms with Crippen LogP contribution in [0.4, 0.5) is 4.39 Å². The van der Waals surface area contributed by atoms with Gasteiger partial charge in [0.15, 0.2) is 0 Å². The Hall–Kier alpha value is -2.57. The average molecular weight is 484 g/mol. The van der Waals surface area contributed by atoms with Gasteiger partial charge in [-0.2, -0.15) is 0 Å². The fourth-order valence-electron chi connectivity index (χ4n) is 4.18. The summed E-state index contributed by atoms with van der Waals surface area (Å²) in [6.45, 7) is 15.8. The Kier molecular flexibility index (Phi) is 9.20. The van der Waals surface area contributed by atoms with Crippen LogP contribution >= 0.6 is 0 Å². The number of ether oxygens (including phenoxy) is 1. The van der Waals surface area contributed by atoms with Crippen LogP contribution in [0, 0.1) is 18.7 Å². The molecule has 0 radical (unpaired) electrons. The Labute approximate surface area is 210 Å². The van der Waals surface area contributed by atoms with Crippen molar-refractivity contribution in [1.29, 1.82) is 0 Å². The number of benzene rings is 2. The van der Waals surface area contributed by atoms with Gasteiger partial charge >= 0.3 is 0 Å². The molecule has 0 saturated carbocycles. The minimum absolute atomic E-state index is 0.114. The highest BCUT2D eigenvalue weighted by Gasteiger charge is 2.26. The molecule has 1 heterocycles. The maximum absolute atomic E-state index is 13.6. The first kappa shape index (κ1) is 27.0. The highest BCUT2D eigenvalue weighted by molar-refractivity contribution is 5.29. The Balaban J connectivity index is 1.62. The second-order valence-corrected chi connectivity index (χ2v) is 10.5. The molecule has 192 valence electrons. The Morgan fingerprint density at radius 1 is 1.23 bits per heavy atom. The minimum Gasteiger partial charge on any atom is -0.491 e. The van der Waals surface area contributed by atoms with Gasteiger partial charge in [-0.3, -0.25) is 0 Å². The topological polar surface area (TPSA) is 48.0 Å². The highest BCUT2D eigenvalue weighted by atomic mass is 19.1. The number of nitrogens with zero attached hydrogens (tertiary/aromatic N) is 2. The van der Waals surface area contributed by atoms with E-state index in [2.05, 4.69) is 28.7 Å². The zero-order chi connectivity index (χ0) is 25.6. The van der Waals surface area contributed by atoms with Crippen molar-refractivity contribution in [1.82, 2.24) is 15.1 Å². The summed E-state index contributed by atoms with van der Waals surface area (Å²) in [4.78, 5) is 4.71. The van der Waals surface area contributed by atoms with E-state index in [1.165, 1.54) is 6.07 Å². The van der Waals surface area contributed by atoms with Crippen LogP contribution in [0.2, 0.25) is 0 Å². The van der Waals surface area contributed by atoms with Crippen molar-refractivity contribution in [2.24, 2.45) is 5.92 Å². The van der Waals surface area contributed by atoms with E-state index in [1.54, 1.807) is 13.0 Å². The zero-order valence-corrected chi connectivity index (χ0v) is 22.0. The van der Waals surface area contributed by atoms with Crippen molar-refractivity contribution in [3.8, 4) is 5.75 Å². The van der Waals surface area contributed by atoms with Crippen LogP contribution in [0.25, 0.3) is 0 Å². The van der Waals surface area contributed by atoms with Crippen molar-refractivity contribution in [2.45, 2.75) is 65.3 Å². The Bertz CT molecular complexity index is 966. The molecule has 0 amide bonds. The number of aryl methyl sites for hydroxylation is 1. The minimum atomic E-state index is -0.863. The number of piperidine rings is 1. The van der Waals surface area contributed by atoms with Gasteiger partial charge in [0.25, 0.3) is 0 Å². The van der Waals surface area contributed by atoms with Crippen LogP contribution in [0.5, 0.6) is 5.75 Å². The Morgan fingerprint density at radius 2 is 1.89 bits per heavy atom. The maximum atomic E-state index is 13.6. The molecule has 1 atom stereocenters. The third-order valence-electron chi connectivity index (χ3n) is 7.32. The summed E-state index contributed by atoms with van der Waals surface area (Å²) in [7, 11) is 2.16. The number of aliphatic hydroxyl groups is 1. The molecule has 2 N–H and O–H groups in total. The summed E-state index contributed by atoms with van der Waals surface area (Å²) in [6.07, 6.45) is 2.15. The van der Waals surface area contributed by atoms with Gasteiger partial charge in [0.2, 0.25) is 0 Å². The molecular formula is C29H42FN3O2. The first-order valence-electron chi connectivity index (χ1n) is 12.6. The molecule has 1 unspecified atom stereocenters. The predicted molar refractivity (Wildman–Crippen MR) is 141 cm³/mol. The second kappa shape index (κ2) is 11.9. The van der Waals surface area contributed by atoms with E-state index in [1.807, 2.05) is 51.1 Å². The van der Waals surface area contributed by atoms with Crippen LogP contribution in [0.3, 0.4) is 0 Å². The van der Waals surface area contributed by atoms with E-state index >= 15 is 0 Å². The molecule has 1 fully saturated rings. The number of hydrogen-bond donors (Lipinski definition) is 2. The maximum Gasteiger partial charge on any atom is 0.123 e. The van der Waals surface area contributed by atoms with Crippen molar-refractivity contribution in [3.63, 3.8) is 0 Å². The normalized spacial score (nSPS) is 16.7. The summed E-state index contributed by atoms with van der Waals surface area (Å²) < 4.78 is 19.4. The Morgan fingerprint density at radius 3 is 2.49 bits per heavy atom. The molecule has 2 aromatic carbocycles. The molecule has 1 aliphatic heterocycles. The number of likely N-dealkylation sites (tertiary alicyclic amines) is 1. The average Bonchev–Trinajstić information content (AvgIpc) is 2.82. The van der Waals surface area contributed by atoms with Crippen LogP contribution in [0.1, 0.15) is 50.3 Å². The molecule has 6 heteroatoms. The lowest BCUT2D eigenvalue weighted by Gasteiger charge is -2.40. The van der Waals surface area contributed by atoms with E-state index in [0.29, 0.717) is 19.1 Å². The van der Waals surface area contributed by atoms with Gasteiger partial charge in [-0.25, -0.2) is 4.39 Å². The molecule has 0 bridgehead atoms. The number of rotatable bonds is 11. The first-order chi connectivity index (χ1) is 16.5. The second-order valence-electron chi connectivity index (χ2n) is 10.5. The third kappa shape index (κ3) is 7.71. The molecule has 1 saturated heterocycles. The standard InChI is InChI=1S/C29H42FN3O2/c1-21(2)29(5,34)20-35-28-11-7-24(8-12-28)18-31-23(4)33(27-13-15-32(6)16-14-27)19-25-9-10-26(30)17-22(25)3/h7-12,17,21,27,31,34H,4,13-16,18-20H2,1-3,5-6H3. The molecule has 5 nitrogen and oxygen atoms in total. The van der Waals surface area contributed by atoms with E-state index in [-0.39, 0.29) is 18.3 Å². The lowest BCUT2D eigenvalue weighted by Crippen LogP contribution is -2.45. The van der Waals surface area contributed by atoms with Crippen LogP contribution in [0.15, 0.2) is 54.9 Å². The molecule has 35 heavy (non-hydrogen) atoms. The van der Waals surface area contributed by atoms with E-state index < -0.39 is 5.60 Å². The molecule has 0 aliphatic carbocycles. The quantitative estimate of drug-likeness (QED) is 0.467. The first-order valence-corrected chi connectivity index (χ1v) is 12.6. The van der Waals surface area contributed by atoms with Gasteiger partial charge in [-0.15, -0.1) is 0 Å². The zero-order valence-electron chi connectivity index (χ0n) is 22.0. The van der Waals surface area contributed by atoms with E-state index in [4.69, 9.17) is 4.74 Å². The summed E-state index contributed by atoms with van der Waals surface area (Å²) in [6, 6.07) is 13.3. The fraction of sp³-hybridized carbons (Fsp3) is 0.517. The molecule has 2 aromatic rings. The van der Waals surface area contributed by atoms with Gasteiger partial charge in [0, 0.05) is 19.1 Å². The lowest BCUT2D eigenvalue weighted by molar-refractivity contribution is -0.0266. The van der Waals surface area contributed by atoms with E-state index in [9.17, 15) is 9.50 Å². The van der Waals surface area contributed by atoms with Gasteiger partial charge in [0.05, 0.1) is 11.4 Å². The lowest BCUT2D eigenvalue weighted by atomic mass is 9.94. The fourth-order valence-corrected chi connectivity index (χ4v) is 4.18. The monoisotopic (exact) mass is 483 g/mol. The molecule has 0 aromatic heterocycles. The molecule has 0 spiro atoms. The molecule has 1 aliphatic rings. The SMILES string of the molecule is C=C(NCc1ccc(OCC(C)(O)C(C)C)cc1)N(Cc1ccc(F)cc1C)C1CCN(C)CC1. The summed E-state index contributed by atoms with van der Waals surface area (Å²) in [5.74, 6) is 1.54. The number of nitrogens with one attached hydrogen (secondary N) is 1. The highest BCUT2D eigenvalue weighted by Crippen LogP contribution is 2.24. The molecular weight excluding hydrogens is 441 g/mol. The summed E-state index contributed by atoms with van der Waals surface area (Å²) in [5, 5.41) is 13.9. The van der Waals surface area contributed by atoms with Crippen molar-refractivity contribution >= 4 is 0 Å². The van der Waals surface area contributed by atoms with Crippen LogP contribution in [-0.4, -0.2) is 53.3 Å². The van der Waals surface area contributed by atoms with Crippen molar-refractivity contribution in [2.75, 3.05) is 26.7 Å². The molecule has 3 rings (SSSR count). The number of halogens is 1. The van der Waals surface area contributed by atoms with Crippen molar-refractivity contribution < 1.29 is 14.2 Å². The van der Waals surface area contributed by atoms with Crippen LogP contribution in [-0.2, 0) is 13.1 Å². The summed E-state index contributed by atoms with van der Waals surface area (Å²) >= 11 is 0. The smallest absolute Gasteiger partial charge is 0.123 e. The van der Waals surface area contributed by atoms with Gasteiger partial charge in [0.1, 0.15) is 18.2 Å². The van der Waals surface area contributed by atoms with Crippen LogP contribution < -0.4 is 10.1 Å². The van der Waals surface area contributed by atoms with Crippen molar-refractivity contribution in [3.05, 3.63) is 77.4 Å². The number of hydrogen-bond acceptors (Lipinski definition) is 5. The van der Waals surface area contributed by atoms with Gasteiger partial charge in [-0.05, 0) is 93.7 Å². The third-order valence-corrected chi connectivity index (χ3v) is 7.32. The van der Waals surface area contributed by atoms with Gasteiger partial charge in [-0.1, -0.05) is 38.6 Å². The van der Waals surface area contributed by atoms with Gasteiger partial charge < -0.3 is 25.0 Å². The largest absolute Gasteiger partial charge is 0.491 e. The van der Waals surface area contributed by atoms with E-state index in [0.717, 1.165) is 54.2 Å².